The number of carbonyl (C=O) groups is 1. The molecule has 1 aromatic carbocycles. The summed E-state index contributed by atoms with van der Waals surface area (Å²) < 4.78 is 26.3. The van der Waals surface area contributed by atoms with Gasteiger partial charge in [-0.05, 0) is 13.0 Å². The molecule has 2 atom stereocenters. The first-order valence-corrected chi connectivity index (χ1v) is 6.80. The van der Waals surface area contributed by atoms with Crippen LogP contribution in [-0.4, -0.2) is 23.6 Å². The minimum Gasteiger partial charge on any atom is -0.348 e. The predicted molar refractivity (Wildman–Crippen MR) is 74.4 cm³/mol. The Morgan fingerprint density at radius 3 is 2.84 bits per heavy atom. The lowest BCUT2D eigenvalue weighted by molar-refractivity contribution is -0.123. The molecule has 1 aliphatic rings. The summed E-state index contributed by atoms with van der Waals surface area (Å²) in [5, 5.41) is 5.76. The van der Waals surface area contributed by atoms with E-state index < -0.39 is 17.7 Å². The Morgan fingerprint density at radius 2 is 2.26 bits per heavy atom. The molecule has 106 valence electrons. The Kier molecular flexibility index (Phi) is 6.03. The number of rotatable bonds is 3. The molecule has 0 spiro atoms. The molecular weight excluding hydrogens is 294 g/mol. The third-order valence-corrected chi connectivity index (χ3v) is 3.76. The summed E-state index contributed by atoms with van der Waals surface area (Å²) >= 11 is 1.64. The first-order chi connectivity index (χ1) is 8.58. The van der Waals surface area contributed by atoms with Crippen LogP contribution < -0.4 is 10.6 Å². The van der Waals surface area contributed by atoms with Gasteiger partial charge in [0.2, 0.25) is 5.91 Å². The highest BCUT2D eigenvalue weighted by Crippen LogP contribution is 2.18. The molecule has 1 saturated heterocycles. The van der Waals surface area contributed by atoms with Gasteiger partial charge in [0.15, 0.2) is 0 Å². The second-order valence-corrected chi connectivity index (χ2v) is 5.20. The van der Waals surface area contributed by atoms with Crippen molar-refractivity contribution in [2.24, 2.45) is 0 Å². The van der Waals surface area contributed by atoms with Crippen LogP contribution in [0.3, 0.4) is 0 Å². The number of nitrogens with one attached hydrogen (secondary N) is 2. The molecule has 0 aliphatic carbocycles. The van der Waals surface area contributed by atoms with Crippen molar-refractivity contribution in [3.8, 4) is 0 Å². The number of hydrogen-bond acceptors (Lipinski definition) is 3. The zero-order valence-corrected chi connectivity index (χ0v) is 11.9. The van der Waals surface area contributed by atoms with E-state index in [2.05, 4.69) is 10.6 Å². The van der Waals surface area contributed by atoms with E-state index in [4.69, 9.17) is 0 Å². The lowest BCUT2D eigenvalue weighted by Gasteiger charge is -2.17. The molecule has 1 heterocycles. The van der Waals surface area contributed by atoms with E-state index in [1.165, 1.54) is 12.1 Å². The van der Waals surface area contributed by atoms with Crippen molar-refractivity contribution >= 4 is 30.1 Å². The summed E-state index contributed by atoms with van der Waals surface area (Å²) in [6.07, 6.45) is 0. The number of benzene rings is 1. The second kappa shape index (κ2) is 7.07. The zero-order chi connectivity index (χ0) is 13.1. The van der Waals surface area contributed by atoms with Crippen molar-refractivity contribution in [3.63, 3.8) is 0 Å². The first kappa shape index (κ1) is 16.2. The topological polar surface area (TPSA) is 41.1 Å². The van der Waals surface area contributed by atoms with E-state index >= 15 is 0 Å². The van der Waals surface area contributed by atoms with Crippen molar-refractivity contribution in [2.45, 2.75) is 19.0 Å². The summed E-state index contributed by atoms with van der Waals surface area (Å²) in [7, 11) is 0. The van der Waals surface area contributed by atoms with Gasteiger partial charge in [-0.3, -0.25) is 10.1 Å². The van der Waals surface area contributed by atoms with E-state index in [0.29, 0.717) is 5.75 Å². The van der Waals surface area contributed by atoms with Crippen LogP contribution in [0.5, 0.6) is 0 Å². The largest absolute Gasteiger partial charge is 0.348 e. The fourth-order valence-electron chi connectivity index (χ4n) is 1.81. The number of thioether (sulfide) groups is 1. The number of carbonyl (C=O) groups excluding carboxylic acids is 1. The lowest BCUT2D eigenvalue weighted by atomic mass is 10.1. The molecule has 2 rings (SSSR count). The standard InChI is InChI=1S/C12H14F2N2OS.ClH/c1-7(9-3-2-8(13)4-10(9)14)16-12(17)11-5-18-6-15-11;/h2-4,7,11,15H,5-6H2,1H3,(H,16,17);1H. The first-order valence-electron chi connectivity index (χ1n) is 5.64. The number of halogens is 3. The van der Waals surface area contributed by atoms with E-state index in [-0.39, 0.29) is 29.9 Å². The normalized spacial score (nSPS) is 19.6. The van der Waals surface area contributed by atoms with Gasteiger partial charge in [0.05, 0.1) is 12.1 Å². The van der Waals surface area contributed by atoms with Crippen LogP contribution in [0, 0.1) is 11.6 Å². The highest BCUT2D eigenvalue weighted by molar-refractivity contribution is 7.99. The van der Waals surface area contributed by atoms with Gasteiger partial charge in [0.1, 0.15) is 11.6 Å². The van der Waals surface area contributed by atoms with Crippen LogP contribution in [0.2, 0.25) is 0 Å². The van der Waals surface area contributed by atoms with Crippen molar-refractivity contribution in [1.29, 1.82) is 0 Å². The summed E-state index contributed by atoms with van der Waals surface area (Å²) in [6.45, 7) is 1.68. The molecule has 1 fully saturated rings. The van der Waals surface area contributed by atoms with Gasteiger partial charge in [0.25, 0.3) is 0 Å². The van der Waals surface area contributed by atoms with Crippen LogP contribution in [-0.2, 0) is 4.79 Å². The highest BCUT2D eigenvalue weighted by Gasteiger charge is 2.24. The minimum absolute atomic E-state index is 0. The molecule has 1 aromatic rings. The Morgan fingerprint density at radius 1 is 1.53 bits per heavy atom. The summed E-state index contributed by atoms with van der Waals surface area (Å²) in [5.41, 5.74) is 0.287. The SMILES string of the molecule is CC(NC(=O)C1CSCN1)c1ccc(F)cc1F.Cl. The Bertz CT molecular complexity index is 455. The maximum Gasteiger partial charge on any atom is 0.238 e. The van der Waals surface area contributed by atoms with Gasteiger partial charge in [-0.15, -0.1) is 24.2 Å². The quantitative estimate of drug-likeness (QED) is 0.900. The van der Waals surface area contributed by atoms with Crippen LogP contribution in [0.15, 0.2) is 18.2 Å². The van der Waals surface area contributed by atoms with E-state index in [0.717, 1.165) is 11.9 Å². The van der Waals surface area contributed by atoms with Gasteiger partial charge < -0.3 is 5.32 Å². The molecule has 0 aromatic heterocycles. The zero-order valence-electron chi connectivity index (χ0n) is 10.3. The van der Waals surface area contributed by atoms with Gasteiger partial charge in [-0.25, -0.2) is 8.78 Å². The Balaban J connectivity index is 0.00000180. The fraction of sp³-hybridized carbons (Fsp3) is 0.417. The van der Waals surface area contributed by atoms with E-state index in [1.54, 1.807) is 18.7 Å². The molecule has 19 heavy (non-hydrogen) atoms. The van der Waals surface area contributed by atoms with Crippen LogP contribution in [0.25, 0.3) is 0 Å². The van der Waals surface area contributed by atoms with E-state index in [1.807, 2.05) is 0 Å². The molecule has 7 heteroatoms. The summed E-state index contributed by atoms with van der Waals surface area (Å²) in [4.78, 5) is 11.8. The molecule has 1 aliphatic heterocycles. The molecule has 0 saturated carbocycles. The maximum atomic E-state index is 13.5. The minimum atomic E-state index is -0.642. The molecule has 0 radical (unpaired) electrons. The molecule has 2 unspecified atom stereocenters. The Labute approximate surface area is 120 Å². The smallest absolute Gasteiger partial charge is 0.238 e. The second-order valence-electron chi connectivity index (χ2n) is 4.17. The molecule has 2 N–H and O–H groups in total. The lowest BCUT2D eigenvalue weighted by Crippen LogP contribution is -2.43. The van der Waals surface area contributed by atoms with Gasteiger partial charge >= 0.3 is 0 Å². The van der Waals surface area contributed by atoms with Crippen LogP contribution >= 0.6 is 24.2 Å². The third-order valence-electron chi connectivity index (χ3n) is 2.82. The highest BCUT2D eigenvalue weighted by atomic mass is 35.5. The third kappa shape index (κ3) is 4.06. The summed E-state index contributed by atoms with van der Waals surface area (Å²) in [6, 6.07) is 2.64. The fourth-order valence-corrected chi connectivity index (χ4v) is 2.75. The number of hydrogen-bond donors (Lipinski definition) is 2. The molecule has 1 amide bonds. The van der Waals surface area contributed by atoms with Crippen LogP contribution in [0.1, 0.15) is 18.5 Å². The molecule has 3 nitrogen and oxygen atoms in total. The number of amides is 1. The maximum absolute atomic E-state index is 13.5. The van der Waals surface area contributed by atoms with Gasteiger partial charge in [0, 0.05) is 23.3 Å². The van der Waals surface area contributed by atoms with Crippen molar-refractivity contribution in [3.05, 3.63) is 35.4 Å². The summed E-state index contributed by atoms with van der Waals surface area (Å²) in [5.74, 6) is 0.0402. The molecule has 0 bridgehead atoms. The van der Waals surface area contributed by atoms with Crippen molar-refractivity contribution in [1.82, 2.24) is 10.6 Å². The average Bonchev–Trinajstić information content (AvgIpc) is 2.81. The predicted octanol–water partition coefficient (Wildman–Crippen LogP) is 2.23. The van der Waals surface area contributed by atoms with Crippen molar-refractivity contribution in [2.75, 3.05) is 11.6 Å². The van der Waals surface area contributed by atoms with Crippen molar-refractivity contribution < 1.29 is 13.6 Å². The molecular formula is C12H15ClF2N2OS. The van der Waals surface area contributed by atoms with Gasteiger partial charge in [-0.2, -0.15) is 0 Å². The average molecular weight is 309 g/mol. The van der Waals surface area contributed by atoms with Crippen LogP contribution in [0.4, 0.5) is 8.78 Å². The van der Waals surface area contributed by atoms with E-state index in [9.17, 15) is 13.6 Å². The Hall–Kier alpha value is -0.850. The monoisotopic (exact) mass is 308 g/mol. The van der Waals surface area contributed by atoms with Gasteiger partial charge in [-0.1, -0.05) is 6.07 Å².